The molecule has 0 spiro atoms. The largest absolute Gasteiger partial charge is 0.465 e. The maximum atomic E-state index is 13.2. The molecule has 2 heterocycles. The van der Waals surface area contributed by atoms with Crippen LogP contribution in [0.15, 0.2) is 53.1 Å². The van der Waals surface area contributed by atoms with E-state index in [1.807, 2.05) is 36.4 Å². The Hall–Kier alpha value is -2.33. The summed E-state index contributed by atoms with van der Waals surface area (Å²) >= 11 is 3.49. The van der Waals surface area contributed by atoms with Crippen molar-refractivity contribution in [1.82, 2.24) is 4.57 Å². The summed E-state index contributed by atoms with van der Waals surface area (Å²) in [5, 5.41) is 0.301. The summed E-state index contributed by atoms with van der Waals surface area (Å²) in [6.07, 6.45) is 2.17. The number of aromatic nitrogens is 1. The average Bonchev–Trinajstić information content (AvgIpc) is 3.17. The van der Waals surface area contributed by atoms with E-state index in [9.17, 15) is 18.7 Å². The highest BCUT2D eigenvalue weighted by Crippen LogP contribution is 2.62. The normalized spacial score (nSPS) is 20.9. The summed E-state index contributed by atoms with van der Waals surface area (Å²) in [5.41, 5.74) is 1.67. The van der Waals surface area contributed by atoms with Crippen LogP contribution in [-0.2, 0) is 9.47 Å². The Morgan fingerprint density at radius 2 is 1.83 bits per heavy atom. The van der Waals surface area contributed by atoms with Gasteiger partial charge in [-0.15, -0.1) is 0 Å². The van der Waals surface area contributed by atoms with Gasteiger partial charge in [-0.2, -0.15) is 10.6 Å². The summed E-state index contributed by atoms with van der Waals surface area (Å²) in [6, 6.07) is 13.0. The molecular weight excluding hydrogens is 534 g/mol. The molecule has 4 rings (SSSR count). The molecule has 35 heavy (non-hydrogen) atoms. The summed E-state index contributed by atoms with van der Waals surface area (Å²) in [7, 11) is -1.52. The van der Waals surface area contributed by atoms with Crippen LogP contribution >= 0.6 is 26.5 Å². The molecule has 2 unspecified atom stereocenters. The molecule has 0 amide bonds. The third kappa shape index (κ3) is 5.28. The minimum Gasteiger partial charge on any atom is -0.465 e. The number of methoxy groups -OCH3 is 1. The first-order valence-electron chi connectivity index (χ1n) is 11.4. The van der Waals surface area contributed by atoms with Crippen molar-refractivity contribution < 1.29 is 28.2 Å². The van der Waals surface area contributed by atoms with Gasteiger partial charge in [-0.1, -0.05) is 46.3 Å². The van der Waals surface area contributed by atoms with E-state index in [0.717, 1.165) is 16.5 Å². The fraction of sp³-hybridized carbons (Fsp3) is 0.385. The number of carbonyl (C=O) groups is 2. The lowest BCUT2D eigenvalue weighted by Gasteiger charge is -2.46. The molecule has 1 aromatic heterocycles. The Kier molecular flexibility index (Phi) is 7.07. The van der Waals surface area contributed by atoms with Gasteiger partial charge in [0.25, 0.3) is 0 Å². The number of fused-ring (bicyclic) bond motifs is 1. The highest BCUT2D eigenvalue weighted by Gasteiger charge is 2.38. The number of nitrogens with zero attached hydrogens (tertiary/aromatic N) is 1. The predicted molar refractivity (Wildman–Crippen MR) is 141 cm³/mol. The summed E-state index contributed by atoms with van der Waals surface area (Å²) in [4.78, 5) is 25.9. The number of esters is 1. The molecule has 188 valence electrons. The number of carbonyl (C=O) groups excluding carboxylic acids is 2. The van der Waals surface area contributed by atoms with Crippen LogP contribution < -0.4 is 0 Å². The van der Waals surface area contributed by atoms with Crippen LogP contribution in [0.3, 0.4) is 0 Å². The van der Waals surface area contributed by atoms with Crippen LogP contribution in [0, 0.1) is 0 Å². The number of halogens is 1. The third-order valence-electron chi connectivity index (χ3n) is 6.22. The van der Waals surface area contributed by atoms with Gasteiger partial charge in [0.15, 0.2) is 0 Å². The van der Waals surface area contributed by atoms with Gasteiger partial charge in [-0.25, -0.2) is 9.59 Å². The predicted octanol–water partition coefficient (Wildman–Crippen LogP) is 7.34. The molecule has 7 nitrogen and oxygen atoms in total. The van der Waals surface area contributed by atoms with Gasteiger partial charge in [0, 0.05) is 21.8 Å². The fourth-order valence-electron chi connectivity index (χ4n) is 4.69. The van der Waals surface area contributed by atoms with Gasteiger partial charge in [0.2, 0.25) is 0 Å². The van der Waals surface area contributed by atoms with Crippen LogP contribution in [0.25, 0.3) is 10.9 Å². The monoisotopic (exact) mass is 563 g/mol. The summed E-state index contributed by atoms with van der Waals surface area (Å²) in [5.74, 6) is -0.370. The molecule has 1 fully saturated rings. The first-order valence-corrected chi connectivity index (χ1v) is 13.9. The molecule has 0 radical (unpaired) electrons. The summed E-state index contributed by atoms with van der Waals surface area (Å²) < 4.78 is 34.4. The highest BCUT2D eigenvalue weighted by atomic mass is 79.9. The van der Waals surface area contributed by atoms with Crippen LogP contribution in [0.5, 0.6) is 0 Å². The Labute approximate surface area is 214 Å². The van der Waals surface area contributed by atoms with Gasteiger partial charge in [-0.3, -0.25) is 13.7 Å². The van der Waals surface area contributed by atoms with Crippen molar-refractivity contribution >= 4 is 49.5 Å². The maximum Gasteiger partial charge on any atom is 0.419 e. The van der Waals surface area contributed by atoms with E-state index in [4.69, 9.17) is 9.47 Å². The van der Waals surface area contributed by atoms with E-state index in [1.54, 1.807) is 33.0 Å². The molecule has 2 N–H and O–H groups in total. The van der Waals surface area contributed by atoms with E-state index in [0.29, 0.717) is 22.8 Å². The van der Waals surface area contributed by atoms with Crippen molar-refractivity contribution in [1.29, 1.82) is 0 Å². The third-order valence-corrected chi connectivity index (χ3v) is 8.89. The van der Waals surface area contributed by atoms with E-state index in [1.165, 1.54) is 11.7 Å². The van der Waals surface area contributed by atoms with Gasteiger partial charge in [0.05, 0.1) is 23.4 Å². The highest BCUT2D eigenvalue weighted by molar-refractivity contribution is 9.10. The molecule has 9 heteroatoms. The Balaban J connectivity index is 1.87. The van der Waals surface area contributed by atoms with Crippen LogP contribution in [0.4, 0.5) is 4.79 Å². The SMILES string of the molecule is COC(=O)c1cc(Br)cc2c(C3CCS(O)(O)C(c4ccccc4)C3)cn(C(=O)OC(C)(C)C)c12. The first kappa shape index (κ1) is 25.8. The van der Waals surface area contributed by atoms with Crippen molar-refractivity contribution in [2.45, 2.75) is 50.4 Å². The van der Waals surface area contributed by atoms with Gasteiger partial charge in [0.1, 0.15) is 5.60 Å². The van der Waals surface area contributed by atoms with Crippen molar-refractivity contribution in [3.63, 3.8) is 0 Å². The van der Waals surface area contributed by atoms with Crippen LogP contribution in [0.2, 0.25) is 0 Å². The number of ether oxygens (including phenoxy) is 2. The second-order valence-electron chi connectivity index (χ2n) is 9.82. The topological polar surface area (TPSA) is 98.0 Å². The lowest BCUT2D eigenvalue weighted by atomic mass is 9.89. The number of rotatable bonds is 3. The molecule has 0 saturated carbocycles. The van der Waals surface area contributed by atoms with E-state index >= 15 is 0 Å². The van der Waals surface area contributed by atoms with Crippen molar-refractivity contribution in [3.05, 3.63) is 69.8 Å². The smallest absolute Gasteiger partial charge is 0.419 e. The first-order chi connectivity index (χ1) is 16.4. The molecule has 1 aliphatic rings. The molecule has 3 aromatic rings. The number of hydrogen-bond acceptors (Lipinski definition) is 6. The van der Waals surface area contributed by atoms with Crippen molar-refractivity contribution in [2.24, 2.45) is 0 Å². The molecule has 0 bridgehead atoms. The lowest BCUT2D eigenvalue weighted by Crippen LogP contribution is -2.27. The maximum absolute atomic E-state index is 13.2. The zero-order valence-corrected chi connectivity index (χ0v) is 22.6. The molecular formula is C26H30BrNO6S. The van der Waals surface area contributed by atoms with E-state index < -0.39 is 33.5 Å². The average molecular weight is 564 g/mol. The molecule has 2 atom stereocenters. The van der Waals surface area contributed by atoms with Crippen LogP contribution in [0.1, 0.15) is 66.3 Å². The van der Waals surface area contributed by atoms with Crippen LogP contribution in [-0.4, -0.2) is 44.2 Å². The lowest BCUT2D eigenvalue weighted by molar-refractivity contribution is 0.0544. The Morgan fingerprint density at radius 1 is 1.14 bits per heavy atom. The standard InChI is InChI=1S/C26H30BrNO6S/c1-26(2,3)34-25(30)28-15-21(19-13-18(27)14-20(23(19)28)24(29)33-4)17-10-11-35(31,32)22(12-17)16-8-6-5-7-9-16/h5-9,13-15,17,22,31-32H,10-12H2,1-4H3. The minimum absolute atomic E-state index is 0.0638. The number of benzene rings is 2. The van der Waals surface area contributed by atoms with E-state index in [-0.39, 0.29) is 17.2 Å². The van der Waals surface area contributed by atoms with Gasteiger partial charge in [-0.05, 0) is 62.8 Å². The molecule has 1 saturated heterocycles. The number of hydrogen-bond donors (Lipinski definition) is 2. The second kappa shape index (κ2) is 9.61. The quantitative estimate of drug-likeness (QED) is 0.323. The zero-order valence-electron chi connectivity index (χ0n) is 20.2. The fourth-order valence-corrected chi connectivity index (χ4v) is 7.20. The van der Waals surface area contributed by atoms with E-state index in [2.05, 4.69) is 15.9 Å². The molecule has 2 aromatic carbocycles. The Morgan fingerprint density at radius 3 is 2.46 bits per heavy atom. The van der Waals surface area contributed by atoms with Gasteiger partial charge < -0.3 is 9.47 Å². The molecule has 0 aliphatic carbocycles. The Bertz CT molecular complexity index is 1260. The second-order valence-corrected chi connectivity index (χ2v) is 13.1. The van der Waals surface area contributed by atoms with Gasteiger partial charge >= 0.3 is 12.1 Å². The summed E-state index contributed by atoms with van der Waals surface area (Å²) in [6.45, 7) is 5.35. The molecule has 1 aliphatic heterocycles. The van der Waals surface area contributed by atoms with Crippen molar-refractivity contribution in [2.75, 3.05) is 12.9 Å². The zero-order chi connectivity index (χ0) is 25.5. The minimum atomic E-state index is -2.82. The van der Waals surface area contributed by atoms with Crippen molar-refractivity contribution in [3.8, 4) is 0 Å².